The van der Waals surface area contributed by atoms with Crippen LogP contribution in [0.4, 0.5) is 4.79 Å². The monoisotopic (exact) mass is 450 g/mol. The minimum Gasteiger partial charge on any atom is -0.481 e. The predicted molar refractivity (Wildman–Crippen MR) is 124 cm³/mol. The number of fused-ring (bicyclic) bond motifs is 3. The summed E-state index contributed by atoms with van der Waals surface area (Å²) in [5.41, 5.74) is 2.49. The van der Waals surface area contributed by atoms with Crippen molar-refractivity contribution in [2.75, 3.05) is 6.61 Å². The molecule has 0 bridgehead atoms. The Morgan fingerprint density at radius 3 is 2.09 bits per heavy atom. The summed E-state index contributed by atoms with van der Waals surface area (Å²) in [7, 11) is 0. The van der Waals surface area contributed by atoms with E-state index in [9.17, 15) is 19.5 Å². The molecule has 0 atom stereocenters. The Morgan fingerprint density at radius 2 is 1.55 bits per heavy atom. The number of aliphatic carboxylic acids is 1. The van der Waals surface area contributed by atoms with Gasteiger partial charge in [-0.2, -0.15) is 0 Å². The van der Waals surface area contributed by atoms with Gasteiger partial charge in [-0.05, 0) is 48.9 Å². The number of carbonyl (C=O) groups excluding carboxylic acids is 2. The summed E-state index contributed by atoms with van der Waals surface area (Å²) in [6.07, 6.45) is 2.16. The molecular weight excluding hydrogens is 420 g/mol. The third-order valence-corrected chi connectivity index (χ3v) is 6.75. The quantitative estimate of drug-likeness (QED) is 0.586. The first-order valence-corrected chi connectivity index (χ1v) is 11.4. The van der Waals surface area contributed by atoms with Gasteiger partial charge in [0.15, 0.2) is 0 Å². The Labute approximate surface area is 193 Å². The van der Waals surface area contributed by atoms with Gasteiger partial charge < -0.3 is 20.5 Å². The second-order valence-electron chi connectivity index (χ2n) is 9.59. The molecule has 33 heavy (non-hydrogen) atoms. The SMILES string of the molecule is CC(C)(NC(=O)OCC1c2ccccc2-c2ccccc21)C(=O)NC1(CC(=O)O)CCCC1. The number of hydrogen-bond acceptors (Lipinski definition) is 4. The normalized spacial score (nSPS) is 16.5. The highest BCUT2D eigenvalue weighted by Crippen LogP contribution is 2.44. The lowest BCUT2D eigenvalue weighted by atomic mass is 9.91. The van der Waals surface area contributed by atoms with E-state index in [1.807, 2.05) is 36.4 Å². The van der Waals surface area contributed by atoms with E-state index in [-0.39, 0.29) is 18.9 Å². The molecule has 1 saturated carbocycles. The molecule has 1 fully saturated rings. The number of ether oxygens (including phenoxy) is 1. The van der Waals surface area contributed by atoms with Gasteiger partial charge in [0.25, 0.3) is 0 Å². The number of benzene rings is 2. The number of carboxylic acid groups (broad SMARTS) is 1. The Bertz CT molecular complexity index is 1030. The number of carboxylic acids is 1. The molecule has 2 aliphatic rings. The van der Waals surface area contributed by atoms with Gasteiger partial charge in [0.05, 0.1) is 12.0 Å². The number of amides is 2. The van der Waals surface area contributed by atoms with Crippen LogP contribution in [0.15, 0.2) is 48.5 Å². The molecule has 7 heteroatoms. The largest absolute Gasteiger partial charge is 0.481 e. The molecule has 174 valence electrons. The number of nitrogens with one attached hydrogen (secondary N) is 2. The lowest BCUT2D eigenvalue weighted by Gasteiger charge is -2.34. The van der Waals surface area contributed by atoms with Crippen molar-refractivity contribution < 1.29 is 24.2 Å². The van der Waals surface area contributed by atoms with E-state index < -0.39 is 29.0 Å². The molecular formula is C26H30N2O5. The van der Waals surface area contributed by atoms with Crippen molar-refractivity contribution >= 4 is 18.0 Å². The fourth-order valence-corrected chi connectivity index (χ4v) is 5.03. The molecule has 0 spiro atoms. The number of rotatable bonds is 7. The molecule has 7 nitrogen and oxygen atoms in total. The average Bonchev–Trinajstić information content (AvgIpc) is 3.34. The zero-order valence-electron chi connectivity index (χ0n) is 19.0. The van der Waals surface area contributed by atoms with Gasteiger partial charge in [0.1, 0.15) is 12.1 Å². The summed E-state index contributed by atoms with van der Waals surface area (Å²) in [4.78, 5) is 36.9. The lowest BCUT2D eigenvalue weighted by Crippen LogP contribution is -2.60. The first-order valence-electron chi connectivity index (χ1n) is 11.4. The molecule has 2 aromatic carbocycles. The summed E-state index contributed by atoms with van der Waals surface area (Å²) >= 11 is 0. The maximum absolute atomic E-state index is 13.0. The van der Waals surface area contributed by atoms with Crippen molar-refractivity contribution in [3.05, 3.63) is 59.7 Å². The average molecular weight is 451 g/mol. The summed E-state index contributed by atoms with van der Waals surface area (Å²) < 4.78 is 5.56. The molecule has 0 aliphatic heterocycles. The van der Waals surface area contributed by atoms with E-state index in [1.54, 1.807) is 13.8 Å². The Balaban J connectivity index is 1.39. The molecule has 0 unspecified atom stereocenters. The van der Waals surface area contributed by atoms with Crippen LogP contribution in [-0.4, -0.2) is 40.8 Å². The highest BCUT2D eigenvalue weighted by molar-refractivity contribution is 5.90. The fourth-order valence-electron chi connectivity index (χ4n) is 5.03. The Morgan fingerprint density at radius 1 is 1.00 bits per heavy atom. The smallest absolute Gasteiger partial charge is 0.408 e. The molecule has 0 aromatic heterocycles. The highest BCUT2D eigenvalue weighted by Gasteiger charge is 2.41. The van der Waals surface area contributed by atoms with Crippen LogP contribution >= 0.6 is 0 Å². The van der Waals surface area contributed by atoms with Crippen molar-refractivity contribution in [3.8, 4) is 11.1 Å². The van der Waals surface area contributed by atoms with Crippen LogP contribution < -0.4 is 10.6 Å². The molecule has 2 aliphatic carbocycles. The summed E-state index contributed by atoms with van der Waals surface area (Å²) in [5, 5.41) is 14.8. The van der Waals surface area contributed by atoms with Crippen molar-refractivity contribution in [1.29, 1.82) is 0 Å². The van der Waals surface area contributed by atoms with Crippen LogP contribution in [0, 0.1) is 0 Å². The maximum Gasteiger partial charge on any atom is 0.408 e. The zero-order chi connectivity index (χ0) is 23.6. The van der Waals surface area contributed by atoms with Crippen LogP contribution in [0.25, 0.3) is 11.1 Å². The van der Waals surface area contributed by atoms with E-state index in [0.717, 1.165) is 35.1 Å². The van der Waals surface area contributed by atoms with E-state index in [4.69, 9.17) is 4.74 Å². The first kappa shape index (κ1) is 22.8. The van der Waals surface area contributed by atoms with Gasteiger partial charge in [-0.25, -0.2) is 4.79 Å². The van der Waals surface area contributed by atoms with Gasteiger partial charge >= 0.3 is 12.1 Å². The van der Waals surface area contributed by atoms with Gasteiger partial charge in [-0.1, -0.05) is 61.4 Å². The standard InChI is InChI=1S/C26H30N2O5/c1-25(2,23(31)27-26(15-22(29)30)13-7-8-14-26)28-24(32)33-16-21-19-11-5-3-9-17(19)18-10-4-6-12-20(18)21/h3-6,9-12,21H,7-8,13-16H2,1-2H3,(H,27,31)(H,28,32)(H,29,30). The van der Waals surface area contributed by atoms with Crippen LogP contribution in [0.3, 0.4) is 0 Å². The zero-order valence-corrected chi connectivity index (χ0v) is 19.0. The number of alkyl carbamates (subject to hydrolysis) is 1. The summed E-state index contributed by atoms with van der Waals surface area (Å²) in [6.45, 7) is 3.33. The third kappa shape index (κ3) is 4.72. The summed E-state index contributed by atoms with van der Waals surface area (Å²) in [5.74, 6) is -1.43. The second-order valence-corrected chi connectivity index (χ2v) is 9.59. The lowest BCUT2D eigenvalue weighted by molar-refractivity contribution is -0.139. The van der Waals surface area contributed by atoms with E-state index in [1.165, 1.54) is 0 Å². The Kier molecular flexibility index (Phi) is 6.15. The van der Waals surface area contributed by atoms with E-state index in [0.29, 0.717) is 12.8 Å². The van der Waals surface area contributed by atoms with Crippen LogP contribution in [0.5, 0.6) is 0 Å². The van der Waals surface area contributed by atoms with Gasteiger partial charge in [-0.3, -0.25) is 9.59 Å². The van der Waals surface area contributed by atoms with Gasteiger partial charge in [-0.15, -0.1) is 0 Å². The van der Waals surface area contributed by atoms with Crippen LogP contribution in [-0.2, 0) is 14.3 Å². The van der Waals surface area contributed by atoms with Crippen molar-refractivity contribution in [2.24, 2.45) is 0 Å². The van der Waals surface area contributed by atoms with Crippen LogP contribution in [0.1, 0.15) is 63.0 Å². The van der Waals surface area contributed by atoms with Crippen molar-refractivity contribution in [3.63, 3.8) is 0 Å². The molecule has 4 rings (SSSR count). The Hall–Kier alpha value is -3.35. The molecule has 3 N–H and O–H groups in total. The highest BCUT2D eigenvalue weighted by atomic mass is 16.5. The molecule has 0 saturated heterocycles. The maximum atomic E-state index is 13.0. The molecule has 0 radical (unpaired) electrons. The van der Waals surface area contributed by atoms with Crippen molar-refractivity contribution in [1.82, 2.24) is 10.6 Å². The molecule has 0 heterocycles. The second kappa shape index (κ2) is 8.89. The van der Waals surface area contributed by atoms with Gasteiger partial charge in [0, 0.05) is 5.92 Å². The van der Waals surface area contributed by atoms with Gasteiger partial charge in [0.2, 0.25) is 5.91 Å². The minimum absolute atomic E-state index is 0.0718. The van der Waals surface area contributed by atoms with E-state index in [2.05, 4.69) is 22.8 Å². The number of hydrogen-bond donors (Lipinski definition) is 3. The van der Waals surface area contributed by atoms with E-state index >= 15 is 0 Å². The fraction of sp³-hybridized carbons (Fsp3) is 0.423. The summed E-state index contributed by atoms with van der Waals surface area (Å²) in [6, 6.07) is 16.2. The predicted octanol–water partition coefficient (Wildman–Crippen LogP) is 4.21. The molecule has 2 amide bonds. The minimum atomic E-state index is -1.25. The van der Waals surface area contributed by atoms with Crippen LogP contribution in [0.2, 0.25) is 0 Å². The topological polar surface area (TPSA) is 105 Å². The number of carbonyl (C=O) groups is 3. The molecule has 2 aromatic rings. The van der Waals surface area contributed by atoms with Crippen molar-refractivity contribution in [2.45, 2.75) is 62.9 Å². The third-order valence-electron chi connectivity index (χ3n) is 6.75. The first-order chi connectivity index (χ1) is 15.7.